The first-order chi connectivity index (χ1) is 7.76. The highest BCUT2D eigenvalue weighted by Gasteiger charge is 2.42. The second kappa shape index (κ2) is 4.92. The average Bonchev–Trinajstić information content (AvgIpc) is 2.40. The van der Waals surface area contributed by atoms with Gasteiger partial charge in [-0.1, -0.05) is 0 Å². The molecule has 1 rings (SSSR count). The van der Waals surface area contributed by atoms with Gasteiger partial charge in [-0.2, -0.15) is 5.26 Å². The summed E-state index contributed by atoms with van der Waals surface area (Å²) in [5, 5.41) is 18.5. The van der Waals surface area contributed by atoms with Gasteiger partial charge in [0.25, 0.3) is 0 Å². The third-order valence-corrected chi connectivity index (χ3v) is 2.83. The monoisotopic (exact) mass is 240 g/mol. The summed E-state index contributed by atoms with van der Waals surface area (Å²) >= 11 is 0. The van der Waals surface area contributed by atoms with Crippen LogP contribution < -0.4 is 0 Å². The topological polar surface area (TPSA) is 73.6 Å². The molecule has 5 heteroatoms. The predicted octanol–water partition coefficient (Wildman–Crippen LogP) is 1.66. The minimum atomic E-state index is -0.583. The van der Waals surface area contributed by atoms with Crippen LogP contribution in [-0.2, 0) is 4.74 Å². The summed E-state index contributed by atoms with van der Waals surface area (Å²) in [6, 6.07) is 1.49. The van der Waals surface area contributed by atoms with E-state index in [0.717, 1.165) is 0 Å². The number of carbonyl (C=O) groups is 1. The fourth-order valence-corrected chi connectivity index (χ4v) is 2.02. The molecular weight excluding hydrogens is 220 g/mol. The molecule has 0 aromatic heterocycles. The first-order valence-corrected chi connectivity index (χ1v) is 5.82. The van der Waals surface area contributed by atoms with Gasteiger partial charge in [-0.3, -0.25) is 4.90 Å². The number of amides is 1. The van der Waals surface area contributed by atoms with Gasteiger partial charge in [0.2, 0.25) is 0 Å². The number of carbonyl (C=O) groups excluding carboxylic acids is 1. The van der Waals surface area contributed by atoms with Crippen molar-refractivity contribution in [2.75, 3.05) is 0 Å². The molecule has 0 aromatic carbocycles. The first-order valence-electron chi connectivity index (χ1n) is 5.82. The van der Waals surface area contributed by atoms with Crippen molar-refractivity contribution in [3.05, 3.63) is 0 Å². The van der Waals surface area contributed by atoms with Gasteiger partial charge in [-0.25, -0.2) is 4.79 Å². The number of aliphatic hydroxyl groups is 1. The molecular formula is C12H20N2O3. The Labute approximate surface area is 102 Å². The van der Waals surface area contributed by atoms with Crippen molar-refractivity contribution in [3.63, 3.8) is 0 Å². The Bertz CT molecular complexity index is 330. The fraction of sp³-hybridized carbons (Fsp3) is 0.833. The number of hydrogen-bond donors (Lipinski definition) is 1. The molecule has 1 N–H and O–H groups in total. The average molecular weight is 240 g/mol. The maximum atomic E-state index is 12.0. The Kier molecular flexibility index (Phi) is 3.99. The second-order valence-electron chi connectivity index (χ2n) is 5.45. The van der Waals surface area contributed by atoms with Crippen LogP contribution >= 0.6 is 0 Å². The summed E-state index contributed by atoms with van der Waals surface area (Å²) < 4.78 is 5.28. The third-order valence-electron chi connectivity index (χ3n) is 2.83. The Hall–Kier alpha value is -1.28. The molecule has 1 heterocycles. The lowest BCUT2D eigenvalue weighted by molar-refractivity contribution is 0.0114. The molecule has 1 aliphatic heterocycles. The van der Waals surface area contributed by atoms with Crippen molar-refractivity contribution in [3.8, 4) is 6.07 Å². The first kappa shape index (κ1) is 13.8. The summed E-state index contributed by atoms with van der Waals surface area (Å²) in [5.74, 6) is 0. The van der Waals surface area contributed by atoms with Crippen molar-refractivity contribution in [1.82, 2.24) is 4.90 Å². The van der Waals surface area contributed by atoms with E-state index in [4.69, 9.17) is 10.00 Å². The molecule has 1 fully saturated rings. The highest BCUT2D eigenvalue weighted by Crippen LogP contribution is 2.28. The van der Waals surface area contributed by atoms with E-state index in [1.807, 2.05) is 6.07 Å². The minimum absolute atomic E-state index is 0.223. The van der Waals surface area contributed by atoms with Crippen LogP contribution in [0.4, 0.5) is 4.79 Å². The number of aliphatic hydroxyl groups excluding tert-OH is 1. The largest absolute Gasteiger partial charge is 0.444 e. The van der Waals surface area contributed by atoms with Crippen molar-refractivity contribution in [2.24, 2.45) is 0 Å². The van der Waals surface area contributed by atoms with Crippen LogP contribution in [0, 0.1) is 11.3 Å². The Morgan fingerprint density at radius 1 is 1.59 bits per heavy atom. The van der Waals surface area contributed by atoms with Crippen LogP contribution in [0.5, 0.6) is 0 Å². The zero-order valence-corrected chi connectivity index (χ0v) is 10.8. The van der Waals surface area contributed by atoms with Crippen LogP contribution in [-0.4, -0.2) is 39.9 Å². The fourth-order valence-electron chi connectivity index (χ4n) is 2.02. The van der Waals surface area contributed by atoms with Gasteiger partial charge in [0.1, 0.15) is 5.60 Å². The van der Waals surface area contributed by atoms with Gasteiger partial charge in [-0.05, 0) is 34.1 Å². The molecule has 96 valence electrons. The van der Waals surface area contributed by atoms with E-state index in [9.17, 15) is 9.90 Å². The lowest BCUT2D eigenvalue weighted by atomic mass is 10.1. The molecule has 3 atom stereocenters. The maximum Gasteiger partial charge on any atom is 0.410 e. The lowest BCUT2D eigenvalue weighted by Gasteiger charge is -2.30. The zero-order valence-electron chi connectivity index (χ0n) is 10.8. The van der Waals surface area contributed by atoms with Crippen LogP contribution in [0.25, 0.3) is 0 Å². The minimum Gasteiger partial charge on any atom is -0.444 e. The van der Waals surface area contributed by atoms with Crippen LogP contribution in [0.1, 0.15) is 40.5 Å². The van der Waals surface area contributed by atoms with Crippen molar-refractivity contribution >= 4 is 6.09 Å². The van der Waals surface area contributed by atoms with Crippen molar-refractivity contribution in [1.29, 1.82) is 5.26 Å². The van der Waals surface area contributed by atoms with E-state index in [1.165, 1.54) is 4.90 Å². The summed E-state index contributed by atoms with van der Waals surface area (Å²) in [6.07, 6.45) is -0.378. The van der Waals surface area contributed by atoms with E-state index in [0.29, 0.717) is 6.42 Å². The Balaban J connectivity index is 2.78. The standard InChI is InChI=1S/C12H20N2O3/c1-8-10(15)7-9(5-6-13)14(8)11(16)17-12(2,3)4/h8-10,15H,5,7H2,1-4H3/t8-,9+,10+/m0/s1. The molecule has 0 bridgehead atoms. The second-order valence-corrected chi connectivity index (χ2v) is 5.45. The quantitative estimate of drug-likeness (QED) is 0.756. The van der Waals surface area contributed by atoms with E-state index in [-0.39, 0.29) is 18.5 Å². The summed E-state index contributed by atoms with van der Waals surface area (Å²) in [6.45, 7) is 7.15. The number of likely N-dealkylation sites (tertiary alicyclic amines) is 1. The van der Waals surface area contributed by atoms with Gasteiger partial charge >= 0.3 is 6.09 Å². The molecule has 1 amide bonds. The normalized spacial score (nSPS) is 28.9. The van der Waals surface area contributed by atoms with Crippen molar-refractivity contribution in [2.45, 2.75) is 64.3 Å². The molecule has 0 saturated carbocycles. The number of ether oxygens (including phenoxy) is 1. The molecule has 1 aliphatic rings. The van der Waals surface area contributed by atoms with E-state index >= 15 is 0 Å². The number of hydrogen-bond acceptors (Lipinski definition) is 4. The molecule has 17 heavy (non-hydrogen) atoms. The van der Waals surface area contributed by atoms with Gasteiger partial charge < -0.3 is 9.84 Å². The van der Waals surface area contributed by atoms with Crippen LogP contribution in [0.3, 0.4) is 0 Å². The lowest BCUT2D eigenvalue weighted by Crippen LogP contribution is -2.44. The summed E-state index contributed by atoms with van der Waals surface area (Å²) in [5.41, 5.74) is -0.568. The van der Waals surface area contributed by atoms with Gasteiger partial charge in [0.05, 0.1) is 30.7 Å². The highest BCUT2D eigenvalue weighted by atomic mass is 16.6. The number of nitriles is 1. The molecule has 0 unspecified atom stereocenters. The van der Waals surface area contributed by atoms with E-state index in [1.54, 1.807) is 27.7 Å². The van der Waals surface area contributed by atoms with Gasteiger partial charge in [-0.15, -0.1) is 0 Å². The van der Waals surface area contributed by atoms with Crippen LogP contribution in [0.2, 0.25) is 0 Å². The Morgan fingerprint density at radius 2 is 2.18 bits per heavy atom. The summed E-state index contributed by atoms with van der Waals surface area (Å²) in [4.78, 5) is 13.5. The number of nitrogens with zero attached hydrogens (tertiary/aromatic N) is 2. The third kappa shape index (κ3) is 3.34. The van der Waals surface area contributed by atoms with E-state index in [2.05, 4.69) is 0 Å². The van der Waals surface area contributed by atoms with Crippen LogP contribution in [0.15, 0.2) is 0 Å². The van der Waals surface area contributed by atoms with E-state index < -0.39 is 17.8 Å². The SMILES string of the molecule is C[C@H]1[C@H](O)C[C@@H](CC#N)N1C(=O)OC(C)(C)C. The number of rotatable bonds is 1. The molecule has 1 saturated heterocycles. The molecule has 0 aromatic rings. The van der Waals surface area contributed by atoms with Crippen molar-refractivity contribution < 1.29 is 14.6 Å². The molecule has 0 spiro atoms. The smallest absolute Gasteiger partial charge is 0.410 e. The maximum absolute atomic E-state index is 12.0. The summed E-state index contributed by atoms with van der Waals surface area (Å²) in [7, 11) is 0. The van der Waals surface area contributed by atoms with Gasteiger partial charge in [0.15, 0.2) is 0 Å². The molecule has 0 radical (unpaired) electrons. The highest BCUT2D eigenvalue weighted by molar-refractivity contribution is 5.69. The predicted molar refractivity (Wildman–Crippen MR) is 62.2 cm³/mol. The van der Waals surface area contributed by atoms with Gasteiger partial charge in [0, 0.05) is 0 Å². The Morgan fingerprint density at radius 3 is 2.65 bits per heavy atom. The zero-order chi connectivity index (χ0) is 13.2. The molecule has 5 nitrogen and oxygen atoms in total. The molecule has 0 aliphatic carbocycles.